The number of Topliss-reactive ketones (excluding diaryl/α,β-unsaturated/α-hetero) is 1. The van der Waals surface area contributed by atoms with Crippen LogP contribution in [0.4, 0.5) is 11.5 Å². The average Bonchev–Trinajstić information content (AvgIpc) is 2.59. The van der Waals surface area contributed by atoms with Crippen molar-refractivity contribution >= 4 is 27.3 Å². The molecule has 0 atom stereocenters. The number of hydrogen-bond donors (Lipinski definition) is 2. The van der Waals surface area contributed by atoms with Gasteiger partial charge in [0.25, 0.3) is 0 Å². The van der Waals surface area contributed by atoms with Gasteiger partial charge in [-0.15, -0.1) is 5.10 Å². The van der Waals surface area contributed by atoms with Gasteiger partial charge in [0.1, 0.15) is 0 Å². The predicted molar refractivity (Wildman–Crippen MR) is 96.5 cm³/mol. The molecular formula is C16H21N5O3S. The van der Waals surface area contributed by atoms with Gasteiger partial charge < -0.3 is 10.2 Å². The van der Waals surface area contributed by atoms with E-state index < -0.39 is 10.0 Å². The summed E-state index contributed by atoms with van der Waals surface area (Å²) in [6, 6.07) is 7.77. The molecule has 0 saturated carbocycles. The van der Waals surface area contributed by atoms with Crippen molar-refractivity contribution in [1.29, 1.82) is 0 Å². The van der Waals surface area contributed by atoms with Crippen LogP contribution in [0, 0.1) is 0 Å². The number of anilines is 2. The first-order valence-electron chi connectivity index (χ1n) is 7.64. The monoisotopic (exact) mass is 363 g/mol. The van der Waals surface area contributed by atoms with Crippen LogP contribution in [0.15, 0.2) is 41.4 Å². The summed E-state index contributed by atoms with van der Waals surface area (Å²) >= 11 is 0. The summed E-state index contributed by atoms with van der Waals surface area (Å²) in [6.07, 6.45) is 1.63. The highest BCUT2D eigenvalue weighted by Gasteiger charge is 2.14. The zero-order chi connectivity index (χ0) is 18.4. The summed E-state index contributed by atoms with van der Waals surface area (Å²) < 4.78 is 27.0. The molecule has 0 aliphatic carbocycles. The molecule has 134 valence electrons. The molecule has 0 aliphatic heterocycles. The maximum atomic E-state index is 12.3. The Morgan fingerprint density at radius 3 is 2.64 bits per heavy atom. The Morgan fingerprint density at radius 1 is 1.20 bits per heavy atom. The molecule has 1 aromatic heterocycles. The SMILES string of the molecule is CC(=O)c1cccc(S(=O)(=O)NCCNc2cc(N(C)C)cnn2)c1. The lowest BCUT2D eigenvalue weighted by Gasteiger charge is -2.13. The molecule has 25 heavy (non-hydrogen) atoms. The minimum Gasteiger partial charge on any atom is -0.376 e. The van der Waals surface area contributed by atoms with Gasteiger partial charge in [-0.2, -0.15) is 5.10 Å². The maximum Gasteiger partial charge on any atom is 0.240 e. The van der Waals surface area contributed by atoms with Gasteiger partial charge in [-0.1, -0.05) is 12.1 Å². The van der Waals surface area contributed by atoms with Crippen molar-refractivity contribution < 1.29 is 13.2 Å². The summed E-state index contributed by atoms with van der Waals surface area (Å²) in [6.45, 7) is 1.91. The molecule has 0 amide bonds. The number of rotatable bonds is 8. The summed E-state index contributed by atoms with van der Waals surface area (Å²) in [4.78, 5) is 13.3. The molecule has 1 aromatic carbocycles. The normalized spacial score (nSPS) is 11.2. The van der Waals surface area contributed by atoms with Gasteiger partial charge in [0.15, 0.2) is 11.6 Å². The second-order valence-corrected chi connectivity index (χ2v) is 7.37. The van der Waals surface area contributed by atoms with E-state index in [1.165, 1.54) is 19.1 Å². The van der Waals surface area contributed by atoms with E-state index in [9.17, 15) is 13.2 Å². The topological polar surface area (TPSA) is 104 Å². The fraction of sp³-hybridized carbons (Fsp3) is 0.312. The molecule has 0 unspecified atom stereocenters. The second-order valence-electron chi connectivity index (χ2n) is 5.60. The number of carbonyl (C=O) groups is 1. The second kappa shape index (κ2) is 8.04. The van der Waals surface area contributed by atoms with Gasteiger partial charge >= 0.3 is 0 Å². The summed E-state index contributed by atoms with van der Waals surface area (Å²) in [7, 11) is 0.107. The lowest BCUT2D eigenvalue weighted by atomic mass is 10.2. The Labute approximate surface area is 147 Å². The van der Waals surface area contributed by atoms with Crippen molar-refractivity contribution in [1.82, 2.24) is 14.9 Å². The fourth-order valence-electron chi connectivity index (χ4n) is 2.03. The largest absolute Gasteiger partial charge is 0.376 e. The van der Waals surface area contributed by atoms with E-state index in [1.54, 1.807) is 18.3 Å². The molecule has 2 N–H and O–H groups in total. The first kappa shape index (κ1) is 18.8. The van der Waals surface area contributed by atoms with E-state index in [2.05, 4.69) is 20.2 Å². The molecule has 0 radical (unpaired) electrons. The van der Waals surface area contributed by atoms with Crippen LogP contribution in [0.3, 0.4) is 0 Å². The molecule has 1 heterocycles. The Balaban J connectivity index is 1.93. The zero-order valence-corrected chi connectivity index (χ0v) is 15.2. The molecule has 0 bridgehead atoms. The van der Waals surface area contributed by atoms with Crippen LogP contribution < -0.4 is 14.9 Å². The van der Waals surface area contributed by atoms with Gasteiger partial charge in [0, 0.05) is 38.8 Å². The lowest BCUT2D eigenvalue weighted by molar-refractivity contribution is 0.101. The van der Waals surface area contributed by atoms with Crippen LogP contribution in [-0.4, -0.2) is 51.6 Å². The summed E-state index contributed by atoms with van der Waals surface area (Å²) in [5, 5.41) is 10.8. The van der Waals surface area contributed by atoms with Gasteiger partial charge in [-0.3, -0.25) is 4.79 Å². The quantitative estimate of drug-likeness (QED) is 0.535. The Hall–Kier alpha value is -2.52. The molecule has 0 aliphatic rings. The van der Waals surface area contributed by atoms with Crippen molar-refractivity contribution in [2.75, 3.05) is 37.4 Å². The average molecular weight is 363 g/mol. The van der Waals surface area contributed by atoms with Crippen LogP contribution in [-0.2, 0) is 10.0 Å². The highest BCUT2D eigenvalue weighted by atomic mass is 32.2. The van der Waals surface area contributed by atoms with Crippen LogP contribution in [0.25, 0.3) is 0 Å². The molecule has 2 rings (SSSR count). The van der Waals surface area contributed by atoms with E-state index >= 15 is 0 Å². The van der Waals surface area contributed by atoms with Gasteiger partial charge in [-0.25, -0.2) is 13.1 Å². The van der Waals surface area contributed by atoms with Crippen molar-refractivity contribution in [3.63, 3.8) is 0 Å². The molecule has 0 saturated heterocycles. The minimum atomic E-state index is -3.68. The third kappa shape index (κ3) is 5.23. The molecular weight excluding hydrogens is 342 g/mol. The summed E-state index contributed by atoms with van der Waals surface area (Å²) in [5.74, 6) is 0.377. The smallest absolute Gasteiger partial charge is 0.240 e. The third-order valence-electron chi connectivity index (χ3n) is 3.43. The van der Waals surface area contributed by atoms with Crippen molar-refractivity contribution in [2.24, 2.45) is 0 Å². The maximum absolute atomic E-state index is 12.3. The van der Waals surface area contributed by atoms with Crippen LogP contribution in [0.2, 0.25) is 0 Å². The summed E-state index contributed by atoms with van der Waals surface area (Å²) in [5.41, 5.74) is 1.25. The third-order valence-corrected chi connectivity index (χ3v) is 4.89. The van der Waals surface area contributed by atoms with E-state index in [0.717, 1.165) is 5.69 Å². The number of aromatic nitrogens is 2. The highest BCUT2D eigenvalue weighted by Crippen LogP contribution is 2.13. The number of ketones is 1. The van der Waals surface area contributed by atoms with Crippen molar-refractivity contribution in [3.8, 4) is 0 Å². The number of nitrogens with zero attached hydrogens (tertiary/aromatic N) is 3. The van der Waals surface area contributed by atoms with E-state index in [-0.39, 0.29) is 17.2 Å². The molecule has 0 spiro atoms. The van der Waals surface area contributed by atoms with E-state index in [1.807, 2.05) is 25.1 Å². The Kier molecular flexibility index (Phi) is 6.05. The van der Waals surface area contributed by atoms with Crippen molar-refractivity contribution in [2.45, 2.75) is 11.8 Å². The first-order valence-corrected chi connectivity index (χ1v) is 9.12. The number of benzene rings is 1. The van der Waals surface area contributed by atoms with Gasteiger partial charge in [-0.05, 0) is 19.1 Å². The first-order chi connectivity index (χ1) is 11.8. The number of nitrogens with one attached hydrogen (secondary N) is 2. The van der Waals surface area contributed by atoms with Crippen molar-refractivity contribution in [3.05, 3.63) is 42.1 Å². The molecule has 9 heteroatoms. The minimum absolute atomic E-state index is 0.0644. The Bertz CT molecular complexity index is 852. The van der Waals surface area contributed by atoms with E-state index in [0.29, 0.717) is 17.9 Å². The van der Waals surface area contributed by atoms with Gasteiger partial charge in [0.2, 0.25) is 10.0 Å². The number of sulfonamides is 1. The predicted octanol–water partition coefficient (Wildman–Crippen LogP) is 1.14. The van der Waals surface area contributed by atoms with Crippen LogP contribution >= 0.6 is 0 Å². The Morgan fingerprint density at radius 2 is 1.96 bits per heavy atom. The van der Waals surface area contributed by atoms with Crippen LogP contribution in [0.1, 0.15) is 17.3 Å². The lowest BCUT2D eigenvalue weighted by Crippen LogP contribution is -2.29. The molecule has 0 fully saturated rings. The highest BCUT2D eigenvalue weighted by molar-refractivity contribution is 7.89. The molecule has 2 aromatic rings. The zero-order valence-electron chi connectivity index (χ0n) is 14.4. The standard InChI is InChI=1S/C16H21N5O3S/c1-12(22)13-5-4-6-15(9-13)25(23,24)19-8-7-17-16-10-14(21(2)3)11-18-20-16/h4-6,9-11,19H,7-8H2,1-3H3,(H,17,20). The van der Waals surface area contributed by atoms with Crippen LogP contribution in [0.5, 0.6) is 0 Å². The fourth-order valence-corrected chi connectivity index (χ4v) is 3.11. The number of carbonyl (C=O) groups excluding carboxylic acids is 1. The number of hydrogen-bond acceptors (Lipinski definition) is 7. The molecule has 8 nitrogen and oxygen atoms in total. The van der Waals surface area contributed by atoms with E-state index in [4.69, 9.17) is 0 Å². The van der Waals surface area contributed by atoms with Gasteiger partial charge in [0.05, 0.1) is 16.8 Å².